The molecule has 0 aromatic carbocycles. The molecule has 0 radical (unpaired) electrons. The van der Waals surface area contributed by atoms with Crippen LogP contribution in [0.1, 0.15) is 46.0 Å². The molecule has 0 bridgehead atoms. The monoisotopic (exact) mass is 288 g/mol. The van der Waals surface area contributed by atoms with Gasteiger partial charge < -0.3 is 10.2 Å². The van der Waals surface area contributed by atoms with Crippen LogP contribution in [0.4, 0.5) is 11.8 Å². The van der Waals surface area contributed by atoms with E-state index in [1.807, 2.05) is 6.20 Å². The van der Waals surface area contributed by atoms with Crippen LogP contribution in [0.15, 0.2) is 6.20 Å². The van der Waals surface area contributed by atoms with E-state index in [-0.39, 0.29) is 0 Å². The lowest BCUT2D eigenvalue weighted by atomic mass is 9.94. The zero-order valence-electron chi connectivity index (χ0n) is 12.9. The molecule has 114 valence electrons. The number of fused-ring (bicyclic) bond motifs is 1. The zero-order valence-corrected chi connectivity index (χ0v) is 12.9. The van der Waals surface area contributed by atoms with Crippen molar-refractivity contribution in [3.05, 3.63) is 6.20 Å². The predicted molar refractivity (Wildman–Crippen MR) is 85.7 cm³/mol. The highest BCUT2D eigenvalue weighted by molar-refractivity contribution is 5.87. The van der Waals surface area contributed by atoms with Gasteiger partial charge in [0.05, 0.1) is 11.6 Å². The van der Waals surface area contributed by atoms with Crippen molar-refractivity contribution in [3.8, 4) is 0 Å². The van der Waals surface area contributed by atoms with Gasteiger partial charge in [0.15, 0.2) is 5.65 Å². The number of hydrogen-bond acceptors (Lipinski definition) is 5. The topological polar surface area (TPSA) is 69.7 Å². The van der Waals surface area contributed by atoms with Crippen molar-refractivity contribution in [3.63, 3.8) is 0 Å². The van der Waals surface area contributed by atoms with Crippen LogP contribution in [0.5, 0.6) is 0 Å². The number of nitrogens with one attached hydrogen (secondary N) is 2. The third-order valence-corrected chi connectivity index (χ3v) is 4.25. The highest BCUT2D eigenvalue weighted by Gasteiger charge is 2.24. The standard InChI is InChI=1S/C15H24N6/c1-3-16-15-18-13-12(10-17-20-13)14(19-15)21(4-2)11-8-6-5-7-9-11/h10-11H,3-9H2,1-2H3,(H2,16,17,18,19,20). The Bertz CT molecular complexity index is 587. The zero-order chi connectivity index (χ0) is 14.7. The predicted octanol–water partition coefficient (Wildman–Crippen LogP) is 2.94. The first-order valence-electron chi connectivity index (χ1n) is 8.05. The summed E-state index contributed by atoms with van der Waals surface area (Å²) in [5.74, 6) is 1.69. The Kier molecular flexibility index (Phi) is 4.22. The Morgan fingerprint density at radius 1 is 1.24 bits per heavy atom. The van der Waals surface area contributed by atoms with Crippen LogP contribution in [0.25, 0.3) is 11.0 Å². The van der Waals surface area contributed by atoms with Gasteiger partial charge in [-0.05, 0) is 26.7 Å². The third kappa shape index (κ3) is 2.80. The van der Waals surface area contributed by atoms with E-state index in [4.69, 9.17) is 4.98 Å². The molecule has 6 nitrogen and oxygen atoms in total. The van der Waals surface area contributed by atoms with Crippen LogP contribution >= 0.6 is 0 Å². The van der Waals surface area contributed by atoms with Gasteiger partial charge in [-0.2, -0.15) is 15.1 Å². The molecule has 0 atom stereocenters. The Morgan fingerprint density at radius 2 is 2.05 bits per heavy atom. The number of H-pyrrole nitrogens is 1. The molecule has 1 aliphatic rings. The average molecular weight is 288 g/mol. The summed E-state index contributed by atoms with van der Waals surface area (Å²) in [5.41, 5.74) is 0.810. The van der Waals surface area contributed by atoms with E-state index >= 15 is 0 Å². The van der Waals surface area contributed by atoms with E-state index in [2.05, 4.69) is 39.2 Å². The lowest BCUT2D eigenvalue weighted by molar-refractivity contribution is 0.417. The molecule has 1 saturated carbocycles. The highest BCUT2D eigenvalue weighted by Crippen LogP contribution is 2.30. The molecule has 2 N–H and O–H groups in total. The number of aromatic nitrogens is 4. The van der Waals surface area contributed by atoms with Gasteiger partial charge in [-0.1, -0.05) is 19.3 Å². The molecule has 0 aliphatic heterocycles. The van der Waals surface area contributed by atoms with Crippen molar-refractivity contribution in [1.29, 1.82) is 0 Å². The minimum Gasteiger partial charge on any atom is -0.354 e. The van der Waals surface area contributed by atoms with E-state index in [0.29, 0.717) is 12.0 Å². The maximum atomic E-state index is 4.75. The Morgan fingerprint density at radius 3 is 2.76 bits per heavy atom. The van der Waals surface area contributed by atoms with Gasteiger partial charge in [-0.25, -0.2) is 0 Å². The van der Waals surface area contributed by atoms with Crippen LogP contribution in [-0.4, -0.2) is 39.3 Å². The van der Waals surface area contributed by atoms with Crippen molar-refractivity contribution in [1.82, 2.24) is 20.2 Å². The largest absolute Gasteiger partial charge is 0.354 e. The normalized spacial score (nSPS) is 16.3. The maximum Gasteiger partial charge on any atom is 0.226 e. The van der Waals surface area contributed by atoms with Crippen LogP contribution in [0, 0.1) is 0 Å². The molecule has 6 heteroatoms. The second-order valence-corrected chi connectivity index (χ2v) is 5.61. The molecule has 0 unspecified atom stereocenters. The number of rotatable bonds is 5. The first-order chi connectivity index (χ1) is 10.3. The van der Waals surface area contributed by atoms with Crippen molar-refractivity contribution < 1.29 is 0 Å². The summed E-state index contributed by atoms with van der Waals surface area (Å²) >= 11 is 0. The van der Waals surface area contributed by atoms with Crippen LogP contribution in [-0.2, 0) is 0 Å². The van der Waals surface area contributed by atoms with E-state index in [1.54, 1.807) is 0 Å². The molecule has 2 heterocycles. The van der Waals surface area contributed by atoms with Crippen molar-refractivity contribution in [2.24, 2.45) is 0 Å². The summed E-state index contributed by atoms with van der Waals surface area (Å²) in [6.45, 7) is 6.04. The molecule has 3 rings (SSSR count). The second-order valence-electron chi connectivity index (χ2n) is 5.61. The second kappa shape index (κ2) is 6.28. The van der Waals surface area contributed by atoms with Gasteiger partial charge in [-0.3, -0.25) is 5.10 Å². The highest BCUT2D eigenvalue weighted by atomic mass is 15.3. The smallest absolute Gasteiger partial charge is 0.226 e. The first-order valence-corrected chi connectivity index (χ1v) is 8.05. The van der Waals surface area contributed by atoms with Gasteiger partial charge >= 0.3 is 0 Å². The summed E-state index contributed by atoms with van der Waals surface area (Å²) in [5, 5.41) is 11.3. The van der Waals surface area contributed by atoms with Gasteiger partial charge in [0, 0.05) is 19.1 Å². The lowest BCUT2D eigenvalue weighted by Gasteiger charge is -2.34. The quantitative estimate of drug-likeness (QED) is 0.885. The number of aromatic amines is 1. The Hall–Kier alpha value is -1.85. The molecule has 0 saturated heterocycles. The summed E-state index contributed by atoms with van der Waals surface area (Å²) < 4.78 is 0. The Balaban J connectivity index is 2.00. The number of anilines is 2. The summed E-state index contributed by atoms with van der Waals surface area (Å²) in [4.78, 5) is 11.7. The maximum absolute atomic E-state index is 4.75. The molecular weight excluding hydrogens is 264 g/mol. The molecule has 1 aliphatic carbocycles. The first kappa shape index (κ1) is 14.1. The summed E-state index contributed by atoms with van der Waals surface area (Å²) in [6.07, 6.45) is 8.36. The molecule has 0 amide bonds. The van der Waals surface area contributed by atoms with Gasteiger partial charge in [0.2, 0.25) is 5.95 Å². The fourth-order valence-corrected chi connectivity index (χ4v) is 3.25. The minimum atomic E-state index is 0.589. The Labute approximate surface area is 125 Å². The van der Waals surface area contributed by atoms with E-state index in [0.717, 1.165) is 29.9 Å². The van der Waals surface area contributed by atoms with Crippen molar-refractivity contribution in [2.45, 2.75) is 52.0 Å². The van der Waals surface area contributed by atoms with Gasteiger partial charge in [0.25, 0.3) is 0 Å². The van der Waals surface area contributed by atoms with E-state index < -0.39 is 0 Å². The SMILES string of the molecule is CCNc1nc(N(CC)C2CCCCC2)c2cn[nH]c2n1. The molecule has 0 spiro atoms. The minimum absolute atomic E-state index is 0.589. The molecule has 2 aromatic rings. The number of hydrogen-bond donors (Lipinski definition) is 2. The lowest BCUT2D eigenvalue weighted by Crippen LogP contribution is -2.37. The fraction of sp³-hybridized carbons (Fsp3) is 0.667. The molecule has 1 fully saturated rings. The summed E-state index contributed by atoms with van der Waals surface area (Å²) in [6, 6.07) is 0.589. The van der Waals surface area contributed by atoms with Crippen molar-refractivity contribution in [2.75, 3.05) is 23.3 Å². The van der Waals surface area contributed by atoms with Gasteiger partial charge in [0.1, 0.15) is 5.82 Å². The summed E-state index contributed by atoms with van der Waals surface area (Å²) in [7, 11) is 0. The average Bonchev–Trinajstić information content (AvgIpc) is 2.98. The van der Waals surface area contributed by atoms with Crippen molar-refractivity contribution >= 4 is 22.8 Å². The van der Waals surface area contributed by atoms with E-state index in [1.165, 1.54) is 32.1 Å². The van der Waals surface area contributed by atoms with Crippen LogP contribution < -0.4 is 10.2 Å². The fourth-order valence-electron chi connectivity index (χ4n) is 3.25. The number of nitrogens with zero attached hydrogens (tertiary/aromatic N) is 4. The third-order valence-electron chi connectivity index (χ3n) is 4.25. The van der Waals surface area contributed by atoms with Crippen LogP contribution in [0.2, 0.25) is 0 Å². The molecule has 2 aromatic heterocycles. The van der Waals surface area contributed by atoms with E-state index in [9.17, 15) is 0 Å². The van der Waals surface area contributed by atoms with Gasteiger partial charge in [-0.15, -0.1) is 0 Å². The molecular formula is C15H24N6. The molecule has 21 heavy (non-hydrogen) atoms. The van der Waals surface area contributed by atoms with Crippen LogP contribution in [0.3, 0.4) is 0 Å².